The Hall–Kier alpha value is -1.22. The van der Waals surface area contributed by atoms with Crippen LogP contribution in [0.15, 0.2) is 18.2 Å². The molecule has 0 atom stereocenters. The van der Waals surface area contributed by atoms with Gasteiger partial charge in [-0.1, -0.05) is 13.0 Å². The van der Waals surface area contributed by atoms with Crippen molar-refractivity contribution in [2.75, 3.05) is 25.6 Å². The molecule has 3 heteroatoms. The number of hydrogen-bond donors (Lipinski definition) is 1. The molecule has 1 aromatic rings. The lowest BCUT2D eigenvalue weighted by Crippen LogP contribution is -2.04. The molecule has 1 aromatic carbocycles. The summed E-state index contributed by atoms with van der Waals surface area (Å²) in [6.45, 7) is 6.24. The molecule has 0 aliphatic heterocycles. The summed E-state index contributed by atoms with van der Waals surface area (Å²) in [5.41, 5.74) is 7.84. The van der Waals surface area contributed by atoms with Crippen LogP contribution in [0.25, 0.3) is 0 Å². The molecular formula is C13H21NO2. The van der Waals surface area contributed by atoms with Gasteiger partial charge in [-0.05, 0) is 31.0 Å². The van der Waals surface area contributed by atoms with Crippen molar-refractivity contribution in [3.63, 3.8) is 0 Å². The third kappa shape index (κ3) is 4.11. The standard InChI is InChI=1S/C13H21NO2/c1-3-11-6-7-13(12(14)10-11)16-9-5-8-15-4-2/h6-7,10H,3-5,8-9,14H2,1-2H3. The zero-order chi connectivity index (χ0) is 11.8. The molecule has 3 nitrogen and oxygen atoms in total. The number of nitrogen functional groups attached to an aromatic ring is 1. The fourth-order valence-electron chi connectivity index (χ4n) is 1.44. The third-order valence-electron chi connectivity index (χ3n) is 2.38. The largest absolute Gasteiger partial charge is 0.491 e. The van der Waals surface area contributed by atoms with Crippen LogP contribution in [0.1, 0.15) is 25.8 Å². The van der Waals surface area contributed by atoms with Crippen molar-refractivity contribution in [3.8, 4) is 5.75 Å². The maximum atomic E-state index is 5.88. The molecule has 0 spiro atoms. The van der Waals surface area contributed by atoms with Crippen LogP contribution in [0.4, 0.5) is 5.69 Å². The Labute approximate surface area is 97.6 Å². The van der Waals surface area contributed by atoms with Crippen LogP contribution >= 0.6 is 0 Å². The zero-order valence-electron chi connectivity index (χ0n) is 10.2. The number of hydrogen-bond acceptors (Lipinski definition) is 3. The van der Waals surface area contributed by atoms with Crippen molar-refractivity contribution in [2.24, 2.45) is 0 Å². The van der Waals surface area contributed by atoms with E-state index in [9.17, 15) is 0 Å². The Morgan fingerprint density at radius 1 is 1.19 bits per heavy atom. The van der Waals surface area contributed by atoms with E-state index in [4.69, 9.17) is 15.2 Å². The summed E-state index contributed by atoms with van der Waals surface area (Å²) in [4.78, 5) is 0. The molecular weight excluding hydrogens is 202 g/mol. The molecule has 0 radical (unpaired) electrons. The van der Waals surface area contributed by atoms with E-state index in [0.29, 0.717) is 6.61 Å². The Morgan fingerprint density at radius 3 is 2.62 bits per heavy atom. The van der Waals surface area contributed by atoms with Gasteiger partial charge >= 0.3 is 0 Å². The Kier molecular flexibility index (Phi) is 5.72. The second-order valence-electron chi connectivity index (χ2n) is 3.62. The predicted molar refractivity (Wildman–Crippen MR) is 66.8 cm³/mol. The van der Waals surface area contributed by atoms with E-state index in [0.717, 1.165) is 37.5 Å². The van der Waals surface area contributed by atoms with Gasteiger partial charge in [0.1, 0.15) is 5.75 Å². The van der Waals surface area contributed by atoms with Gasteiger partial charge in [0.25, 0.3) is 0 Å². The Balaban J connectivity index is 2.36. The molecule has 90 valence electrons. The molecule has 0 aromatic heterocycles. The van der Waals surface area contributed by atoms with E-state index in [1.807, 2.05) is 25.1 Å². The number of nitrogens with two attached hydrogens (primary N) is 1. The van der Waals surface area contributed by atoms with E-state index in [-0.39, 0.29) is 0 Å². The van der Waals surface area contributed by atoms with E-state index in [2.05, 4.69) is 6.92 Å². The fraction of sp³-hybridized carbons (Fsp3) is 0.538. The lowest BCUT2D eigenvalue weighted by Gasteiger charge is -2.09. The van der Waals surface area contributed by atoms with Crippen molar-refractivity contribution >= 4 is 5.69 Å². The highest BCUT2D eigenvalue weighted by Crippen LogP contribution is 2.22. The van der Waals surface area contributed by atoms with E-state index in [1.54, 1.807) is 0 Å². The van der Waals surface area contributed by atoms with Crippen LogP contribution in [0, 0.1) is 0 Å². The maximum Gasteiger partial charge on any atom is 0.142 e. The molecule has 16 heavy (non-hydrogen) atoms. The highest BCUT2D eigenvalue weighted by Gasteiger charge is 2.00. The number of aryl methyl sites for hydroxylation is 1. The topological polar surface area (TPSA) is 44.5 Å². The van der Waals surface area contributed by atoms with Gasteiger partial charge in [-0.2, -0.15) is 0 Å². The van der Waals surface area contributed by atoms with E-state index < -0.39 is 0 Å². The van der Waals surface area contributed by atoms with Gasteiger partial charge in [-0.3, -0.25) is 0 Å². The van der Waals surface area contributed by atoms with Crippen molar-refractivity contribution in [3.05, 3.63) is 23.8 Å². The average molecular weight is 223 g/mol. The van der Waals surface area contributed by atoms with E-state index in [1.165, 1.54) is 5.56 Å². The van der Waals surface area contributed by atoms with E-state index >= 15 is 0 Å². The molecule has 0 saturated carbocycles. The molecule has 0 bridgehead atoms. The summed E-state index contributed by atoms with van der Waals surface area (Å²) < 4.78 is 10.8. The van der Waals surface area contributed by atoms with Crippen LogP contribution in [0.5, 0.6) is 5.75 Å². The maximum absolute atomic E-state index is 5.88. The second kappa shape index (κ2) is 7.12. The molecule has 0 aliphatic carbocycles. The number of benzene rings is 1. The molecule has 0 fully saturated rings. The summed E-state index contributed by atoms with van der Waals surface area (Å²) in [7, 11) is 0. The molecule has 0 aliphatic rings. The molecule has 1 rings (SSSR count). The van der Waals surface area contributed by atoms with Crippen molar-refractivity contribution < 1.29 is 9.47 Å². The number of anilines is 1. The van der Waals surface area contributed by atoms with Crippen molar-refractivity contribution in [1.82, 2.24) is 0 Å². The Morgan fingerprint density at radius 2 is 2.00 bits per heavy atom. The summed E-state index contributed by atoms with van der Waals surface area (Å²) in [5.74, 6) is 0.772. The van der Waals surface area contributed by atoms with Gasteiger partial charge in [0, 0.05) is 19.6 Å². The highest BCUT2D eigenvalue weighted by atomic mass is 16.5. The summed E-state index contributed by atoms with van der Waals surface area (Å²) in [5, 5.41) is 0. The van der Waals surface area contributed by atoms with Gasteiger partial charge in [0.05, 0.1) is 12.3 Å². The van der Waals surface area contributed by atoms with Crippen LogP contribution in [0.3, 0.4) is 0 Å². The monoisotopic (exact) mass is 223 g/mol. The van der Waals surface area contributed by atoms with Gasteiger partial charge < -0.3 is 15.2 Å². The number of ether oxygens (including phenoxy) is 2. The number of rotatable bonds is 7. The fourth-order valence-corrected chi connectivity index (χ4v) is 1.44. The molecule has 0 saturated heterocycles. The van der Waals surface area contributed by atoms with Crippen LogP contribution in [-0.2, 0) is 11.2 Å². The molecule has 0 heterocycles. The minimum Gasteiger partial charge on any atom is -0.491 e. The van der Waals surface area contributed by atoms with Gasteiger partial charge in [0.2, 0.25) is 0 Å². The van der Waals surface area contributed by atoms with Crippen LogP contribution in [-0.4, -0.2) is 19.8 Å². The molecule has 0 unspecified atom stereocenters. The highest BCUT2D eigenvalue weighted by molar-refractivity contribution is 5.54. The smallest absolute Gasteiger partial charge is 0.142 e. The average Bonchev–Trinajstić information content (AvgIpc) is 2.30. The normalized spacial score (nSPS) is 10.4. The Bertz CT molecular complexity index is 313. The summed E-state index contributed by atoms with van der Waals surface area (Å²) >= 11 is 0. The predicted octanol–water partition coefficient (Wildman–Crippen LogP) is 2.64. The minimum absolute atomic E-state index is 0.648. The van der Waals surface area contributed by atoms with Gasteiger partial charge in [-0.25, -0.2) is 0 Å². The van der Waals surface area contributed by atoms with Crippen molar-refractivity contribution in [1.29, 1.82) is 0 Å². The quantitative estimate of drug-likeness (QED) is 0.571. The zero-order valence-corrected chi connectivity index (χ0v) is 10.2. The summed E-state index contributed by atoms with van der Waals surface area (Å²) in [6.07, 6.45) is 1.89. The first-order chi connectivity index (χ1) is 7.77. The summed E-state index contributed by atoms with van der Waals surface area (Å²) in [6, 6.07) is 5.96. The minimum atomic E-state index is 0.648. The van der Waals surface area contributed by atoms with Crippen molar-refractivity contribution in [2.45, 2.75) is 26.7 Å². The van der Waals surface area contributed by atoms with Crippen LogP contribution < -0.4 is 10.5 Å². The first-order valence-corrected chi connectivity index (χ1v) is 5.86. The first kappa shape index (κ1) is 12.8. The lowest BCUT2D eigenvalue weighted by molar-refractivity contribution is 0.131. The van der Waals surface area contributed by atoms with Gasteiger partial charge in [0.15, 0.2) is 0 Å². The third-order valence-corrected chi connectivity index (χ3v) is 2.38. The molecule has 0 amide bonds. The lowest BCUT2D eigenvalue weighted by atomic mass is 10.1. The van der Waals surface area contributed by atoms with Gasteiger partial charge in [-0.15, -0.1) is 0 Å². The molecule has 2 N–H and O–H groups in total. The second-order valence-corrected chi connectivity index (χ2v) is 3.62. The SMILES string of the molecule is CCOCCCOc1ccc(CC)cc1N. The first-order valence-electron chi connectivity index (χ1n) is 5.86. The van der Waals surface area contributed by atoms with Crippen LogP contribution in [0.2, 0.25) is 0 Å².